The first-order chi connectivity index (χ1) is 12.8. The van der Waals surface area contributed by atoms with Crippen LogP contribution in [-0.2, 0) is 32.9 Å². The van der Waals surface area contributed by atoms with E-state index in [1.807, 2.05) is 0 Å². The van der Waals surface area contributed by atoms with E-state index >= 15 is 0 Å². The molecular formula is C17H20N4O5S. The lowest BCUT2D eigenvalue weighted by atomic mass is 10.0. The molecule has 0 aliphatic carbocycles. The number of fused-ring (bicyclic) bond motifs is 1. The Morgan fingerprint density at radius 3 is 2.63 bits per heavy atom. The Balaban J connectivity index is 1.46. The molecule has 3 aliphatic heterocycles. The zero-order valence-electron chi connectivity index (χ0n) is 14.6. The van der Waals surface area contributed by atoms with Crippen LogP contribution in [0.3, 0.4) is 0 Å². The Morgan fingerprint density at radius 2 is 1.96 bits per heavy atom. The van der Waals surface area contributed by atoms with Crippen LogP contribution in [-0.4, -0.2) is 54.5 Å². The van der Waals surface area contributed by atoms with Gasteiger partial charge in [0.2, 0.25) is 11.8 Å². The van der Waals surface area contributed by atoms with E-state index < -0.39 is 22.2 Å². The smallest absolute Gasteiger partial charge is 0.279 e. The van der Waals surface area contributed by atoms with Gasteiger partial charge in [0.05, 0.1) is 0 Å². The van der Waals surface area contributed by atoms with Gasteiger partial charge in [0.25, 0.3) is 16.1 Å². The molecule has 1 unspecified atom stereocenters. The molecule has 3 aliphatic rings. The Labute approximate surface area is 156 Å². The summed E-state index contributed by atoms with van der Waals surface area (Å²) in [5, 5.41) is 2.27. The quantitative estimate of drug-likeness (QED) is 0.655. The van der Waals surface area contributed by atoms with Crippen molar-refractivity contribution in [2.24, 2.45) is 0 Å². The van der Waals surface area contributed by atoms with Crippen molar-refractivity contribution in [1.82, 2.24) is 19.2 Å². The zero-order chi connectivity index (χ0) is 19.2. The summed E-state index contributed by atoms with van der Waals surface area (Å²) in [5.41, 5.74) is 1.94. The highest BCUT2D eigenvalue weighted by Gasteiger charge is 2.39. The average molecular weight is 392 g/mol. The number of nitrogens with one attached hydrogen (secondary N) is 2. The molecule has 144 valence electrons. The lowest BCUT2D eigenvalue weighted by Gasteiger charge is -2.29. The third-order valence-electron chi connectivity index (χ3n) is 5.21. The van der Waals surface area contributed by atoms with E-state index in [2.05, 4.69) is 10.0 Å². The van der Waals surface area contributed by atoms with Crippen LogP contribution >= 0.6 is 0 Å². The number of benzene rings is 1. The first-order valence-electron chi connectivity index (χ1n) is 8.86. The minimum atomic E-state index is -3.49. The van der Waals surface area contributed by atoms with Crippen LogP contribution in [0.25, 0.3) is 0 Å². The number of hydrogen-bond acceptors (Lipinski definition) is 5. The van der Waals surface area contributed by atoms with E-state index in [1.165, 1.54) is 9.21 Å². The van der Waals surface area contributed by atoms with Gasteiger partial charge in [-0.2, -0.15) is 17.4 Å². The van der Waals surface area contributed by atoms with Crippen molar-refractivity contribution in [3.05, 3.63) is 34.9 Å². The molecule has 1 aromatic rings. The van der Waals surface area contributed by atoms with Gasteiger partial charge in [0.1, 0.15) is 6.04 Å². The molecule has 0 saturated carbocycles. The normalized spacial score (nSPS) is 23.2. The molecule has 10 heteroatoms. The second-order valence-electron chi connectivity index (χ2n) is 6.97. The molecular weight excluding hydrogens is 372 g/mol. The Morgan fingerprint density at radius 1 is 1.19 bits per heavy atom. The summed E-state index contributed by atoms with van der Waals surface area (Å²) >= 11 is 0. The monoisotopic (exact) mass is 392 g/mol. The van der Waals surface area contributed by atoms with E-state index in [0.717, 1.165) is 12.0 Å². The second-order valence-corrected chi connectivity index (χ2v) is 8.73. The third-order valence-corrected chi connectivity index (χ3v) is 6.76. The molecule has 3 heterocycles. The second kappa shape index (κ2) is 6.70. The topological polar surface area (TPSA) is 116 Å². The fourth-order valence-electron chi connectivity index (χ4n) is 3.51. The molecule has 0 spiro atoms. The standard InChI is InChI=1S/C17H20N4O5S/c22-15-5-4-14(16(23)19-15)21-10-12-3-2-11(8-13(12)17(21)24)9-18-27(25,26)20-6-1-7-20/h2-3,8,14,18H,1,4-7,9-10H2,(H,19,22,23). The van der Waals surface area contributed by atoms with Crippen molar-refractivity contribution < 1.29 is 22.8 Å². The lowest BCUT2D eigenvalue weighted by Crippen LogP contribution is -2.52. The molecule has 2 saturated heterocycles. The maximum atomic E-state index is 12.8. The maximum absolute atomic E-state index is 12.8. The Kier molecular flexibility index (Phi) is 4.49. The van der Waals surface area contributed by atoms with Gasteiger partial charge in [-0.1, -0.05) is 12.1 Å². The summed E-state index contributed by atoms with van der Waals surface area (Å²) in [4.78, 5) is 37.6. The van der Waals surface area contributed by atoms with Crippen molar-refractivity contribution in [2.45, 2.75) is 38.4 Å². The minimum Gasteiger partial charge on any atom is -0.322 e. The highest BCUT2D eigenvalue weighted by Crippen LogP contribution is 2.28. The average Bonchev–Trinajstić information content (AvgIpc) is 2.88. The van der Waals surface area contributed by atoms with Crippen LogP contribution in [0.2, 0.25) is 0 Å². The molecule has 0 aromatic heterocycles. The van der Waals surface area contributed by atoms with Gasteiger partial charge in [-0.3, -0.25) is 19.7 Å². The fourth-order valence-corrected chi connectivity index (χ4v) is 4.78. The van der Waals surface area contributed by atoms with Gasteiger partial charge in [-0.25, -0.2) is 0 Å². The predicted octanol–water partition coefficient (Wildman–Crippen LogP) is -0.512. The SMILES string of the molecule is O=C1CCC(N2Cc3ccc(CNS(=O)(=O)N4CCC4)cc3C2=O)C(=O)N1. The van der Waals surface area contributed by atoms with Crippen LogP contribution in [0.1, 0.15) is 40.7 Å². The summed E-state index contributed by atoms with van der Waals surface area (Å²) in [5.74, 6) is -1.04. The molecule has 0 radical (unpaired) electrons. The van der Waals surface area contributed by atoms with Gasteiger partial charge >= 0.3 is 0 Å². The zero-order valence-corrected chi connectivity index (χ0v) is 15.4. The van der Waals surface area contributed by atoms with Crippen LogP contribution in [0.5, 0.6) is 0 Å². The number of carbonyl (C=O) groups excluding carboxylic acids is 3. The van der Waals surface area contributed by atoms with Gasteiger partial charge in [0, 0.05) is 38.2 Å². The largest absolute Gasteiger partial charge is 0.322 e. The maximum Gasteiger partial charge on any atom is 0.279 e. The van der Waals surface area contributed by atoms with Gasteiger partial charge in [-0.05, 0) is 30.0 Å². The van der Waals surface area contributed by atoms with Crippen molar-refractivity contribution in [1.29, 1.82) is 0 Å². The molecule has 1 atom stereocenters. The van der Waals surface area contributed by atoms with Crippen LogP contribution in [0.15, 0.2) is 18.2 Å². The van der Waals surface area contributed by atoms with Crippen molar-refractivity contribution in [3.8, 4) is 0 Å². The van der Waals surface area contributed by atoms with Crippen LogP contribution < -0.4 is 10.0 Å². The Bertz CT molecular complexity index is 925. The summed E-state index contributed by atoms with van der Waals surface area (Å²) in [7, 11) is -3.49. The number of amides is 3. The molecule has 4 rings (SSSR count). The number of nitrogens with zero attached hydrogens (tertiary/aromatic N) is 2. The van der Waals surface area contributed by atoms with E-state index in [4.69, 9.17) is 0 Å². The fraction of sp³-hybridized carbons (Fsp3) is 0.471. The number of hydrogen-bond donors (Lipinski definition) is 2. The van der Waals surface area contributed by atoms with E-state index in [9.17, 15) is 22.8 Å². The predicted molar refractivity (Wildman–Crippen MR) is 94.4 cm³/mol. The molecule has 9 nitrogen and oxygen atoms in total. The molecule has 2 fully saturated rings. The number of rotatable bonds is 5. The number of carbonyl (C=O) groups is 3. The third kappa shape index (κ3) is 3.35. The van der Waals surface area contributed by atoms with Crippen molar-refractivity contribution in [2.75, 3.05) is 13.1 Å². The molecule has 3 amide bonds. The van der Waals surface area contributed by atoms with E-state index in [1.54, 1.807) is 18.2 Å². The first-order valence-corrected chi connectivity index (χ1v) is 10.3. The summed E-state index contributed by atoms with van der Waals surface area (Å²) < 4.78 is 28.1. The molecule has 0 bridgehead atoms. The highest BCUT2D eigenvalue weighted by atomic mass is 32.2. The van der Waals surface area contributed by atoms with Crippen LogP contribution in [0.4, 0.5) is 0 Å². The summed E-state index contributed by atoms with van der Waals surface area (Å²) in [6.07, 6.45) is 1.39. The van der Waals surface area contributed by atoms with Crippen molar-refractivity contribution in [3.63, 3.8) is 0 Å². The minimum absolute atomic E-state index is 0.0950. The molecule has 2 N–H and O–H groups in total. The number of piperidine rings is 1. The lowest BCUT2D eigenvalue weighted by molar-refractivity contribution is -0.136. The highest BCUT2D eigenvalue weighted by molar-refractivity contribution is 7.87. The summed E-state index contributed by atoms with van der Waals surface area (Å²) in [6.45, 7) is 1.45. The first kappa shape index (κ1) is 18.1. The Hall–Kier alpha value is -2.30. The molecule has 27 heavy (non-hydrogen) atoms. The van der Waals surface area contributed by atoms with E-state index in [-0.39, 0.29) is 24.8 Å². The summed E-state index contributed by atoms with van der Waals surface area (Å²) in [6, 6.07) is 4.57. The van der Waals surface area contributed by atoms with Gasteiger partial charge in [0.15, 0.2) is 0 Å². The van der Waals surface area contributed by atoms with E-state index in [0.29, 0.717) is 37.2 Å². The van der Waals surface area contributed by atoms with Gasteiger partial charge in [-0.15, -0.1) is 0 Å². The van der Waals surface area contributed by atoms with Crippen molar-refractivity contribution >= 4 is 27.9 Å². The molecule has 1 aromatic carbocycles. The number of imide groups is 1. The van der Waals surface area contributed by atoms with Crippen LogP contribution in [0, 0.1) is 0 Å². The van der Waals surface area contributed by atoms with Gasteiger partial charge < -0.3 is 4.90 Å².